The molecule has 0 bridgehead atoms. The molecule has 0 spiro atoms. The number of carbonyl (C=O) groups excluding carboxylic acids is 2. The van der Waals surface area contributed by atoms with E-state index in [9.17, 15) is 9.59 Å². The molecule has 0 saturated heterocycles. The van der Waals surface area contributed by atoms with Crippen molar-refractivity contribution in [1.29, 1.82) is 0 Å². The van der Waals surface area contributed by atoms with Gasteiger partial charge in [-0.15, -0.1) is 0 Å². The average Bonchev–Trinajstić information content (AvgIpc) is 2.54. The van der Waals surface area contributed by atoms with Gasteiger partial charge in [-0.2, -0.15) is 0 Å². The van der Waals surface area contributed by atoms with Gasteiger partial charge < -0.3 is 14.8 Å². The summed E-state index contributed by atoms with van der Waals surface area (Å²) >= 11 is 0. The van der Waals surface area contributed by atoms with E-state index in [0.717, 1.165) is 5.56 Å². The van der Waals surface area contributed by atoms with Crippen LogP contribution in [0, 0.1) is 0 Å². The van der Waals surface area contributed by atoms with Crippen molar-refractivity contribution in [2.75, 3.05) is 12.4 Å². The summed E-state index contributed by atoms with van der Waals surface area (Å²) in [4.78, 5) is 23.4. The number of hydrogen-bond donors (Lipinski definition) is 1. The second-order valence-corrected chi connectivity index (χ2v) is 4.60. The SMILES string of the molecule is COc1ccc(NC(=O)CC(=O)OCc2ccccc2)cc1. The van der Waals surface area contributed by atoms with Crippen LogP contribution in [0.3, 0.4) is 0 Å². The van der Waals surface area contributed by atoms with Crippen LogP contribution in [-0.4, -0.2) is 19.0 Å². The Morgan fingerprint density at radius 1 is 1.00 bits per heavy atom. The number of rotatable bonds is 6. The molecule has 2 rings (SSSR count). The molecule has 0 heterocycles. The summed E-state index contributed by atoms with van der Waals surface area (Å²) in [7, 11) is 1.57. The molecular formula is C17H17NO4. The van der Waals surface area contributed by atoms with E-state index in [1.165, 1.54) is 0 Å². The summed E-state index contributed by atoms with van der Waals surface area (Å²) in [6, 6.07) is 16.2. The van der Waals surface area contributed by atoms with Gasteiger partial charge in [0, 0.05) is 5.69 Å². The van der Waals surface area contributed by atoms with Crippen LogP contribution in [0.2, 0.25) is 0 Å². The number of anilines is 1. The molecule has 2 aromatic carbocycles. The van der Waals surface area contributed by atoms with E-state index in [0.29, 0.717) is 11.4 Å². The molecule has 0 fully saturated rings. The van der Waals surface area contributed by atoms with Crippen molar-refractivity contribution in [3.63, 3.8) is 0 Å². The predicted molar refractivity (Wildman–Crippen MR) is 82.5 cm³/mol. The third kappa shape index (κ3) is 4.94. The predicted octanol–water partition coefficient (Wildman–Crippen LogP) is 2.77. The summed E-state index contributed by atoms with van der Waals surface area (Å²) in [5, 5.41) is 2.63. The number of hydrogen-bond acceptors (Lipinski definition) is 4. The topological polar surface area (TPSA) is 64.6 Å². The maximum Gasteiger partial charge on any atom is 0.315 e. The Bertz CT molecular complexity index is 623. The van der Waals surface area contributed by atoms with Crippen molar-refractivity contribution in [3.05, 3.63) is 60.2 Å². The number of nitrogens with one attached hydrogen (secondary N) is 1. The molecule has 1 amide bonds. The number of ether oxygens (including phenoxy) is 2. The quantitative estimate of drug-likeness (QED) is 0.658. The van der Waals surface area contributed by atoms with Gasteiger partial charge in [0.1, 0.15) is 18.8 Å². The summed E-state index contributed by atoms with van der Waals surface area (Å²) in [6.07, 6.45) is -0.321. The van der Waals surface area contributed by atoms with Crippen LogP contribution in [0.5, 0.6) is 5.75 Å². The summed E-state index contributed by atoms with van der Waals surface area (Å²) in [5.41, 5.74) is 1.48. The molecule has 0 aliphatic heterocycles. The van der Waals surface area contributed by atoms with Gasteiger partial charge in [0.25, 0.3) is 0 Å². The van der Waals surface area contributed by atoms with Gasteiger partial charge in [-0.25, -0.2) is 0 Å². The lowest BCUT2D eigenvalue weighted by atomic mass is 10.2. The zero-order chi connectivity index (χ0) is 15.8. The van der Waals surface area contributed by atoms with E-state index in [2.05, 4.69) is 5.32 Å². The number of benzene rings is 2. The number of methoxy groups -OCH3 is 1. The first-order chi connectivity index (χ1) is 10.7. The molecule has 2 aromatic rings. The fourth-order valence-electron chi connectivity index (χ4n) is 1.80. The van der Waals surface area contributed by atoms with E-state index < -0.39 is 11.9 Å². The Labute approximate surface area is 128 Å². The van der Waals surface area contributed by atoms with E-state index >= 15 is 0 Å². The molecule has 22 heavy (non-hydrogen) atoms. The minimum Gasteiger partial charge on any atom is -0.497 e. The lowest BCUT2D eigenvalue weighted by molar-refractivity contribution is -0.146. The molecule has 1 N–H and O–H groups in total. The van der Waals surface area contributed by atoms with Crippen LogP contribution < -0.4 is 10.1 Å². The third-order valence-electron chi connectivity index (χ3n) is 2.92. The van der Waals surface area contributed by atoms with Crippen molar-refractivity contribution in [2.45, 2.75) is 13.0 Å². The minimum atomic E-state index is -0.560. The van der Waals surface area contributed by atoms with Crippen molar-refractivity contribution in [2.24, 2.45) is 0 Å². The number of carbonyl (C=O) groups is 2. The zero-order valence-corrected chi connectivity index (χ0v) is 12.2. The van der Waals surface area contributed by atoms with Crippen LogP contribution in [0.25, 0.3) is 0 Å². The first kappa shape index (κ1) is 15.6. The standard InChI is InChI=1S/C17H17NO4/c1-21-15-9-7-14(8-10-15)18-16(19)11-17(20)22-12-13-5-3-2-4-6-13/h2-10H,11-12H2,1H3,(H,18,19). The molecule has 0 unspecified atom stereocenters. The van der Waals surface area contributed by atoms with Gasteiger partial charge in [0.2, 0.25) is 5.91 Å². The van der Waals surface area contributed by atoms with Crippen LogP contribution in [-0.2, 0) is 20.9 Å². The first-order valence-corrected chi connectivity index (χ1v) is 6.81. The summed E-state index contributed by atoms with van der Waals surface area (Å²) < 4.78 is 10.1. The van der Waals surface area contributed by atoms with E-state index in [-0.39, 0.29) is 13.0 Å². The Morgan fingerprint density at radius 3 is 2.32 bits per heavy atom. The highest BCUT2D eigenvalue weighted by Gasteiger charge is 2.11. The lowest BCUT2D eigenvalue weighted by Crippen LogP contribution is -2.18. The monoisotopic (exact) mass is 299 g/mol. The van der Waals surface area contributed by atoms with Crippen molar-refractivity contribution in [3.8, 4) is 5.75 Å². The number of esters is 1. The van der Waals surface area contributed by atoms with Gasteiger partial charge in [-0.05, 0) is 29.8 Å². The van der Waals surface area contributed by atoms with Crippen LogP contribution in [0.1, 0.15) is 12.0 Å². The van der Waals surface area contributed by atoms with E-state index in [1.807, 2.05) is 30.3 Å². The Morgan fingerprint density at radius 2 is 1.68 bits per heavy atom. The minimum absolute atomic E-state index is 0.162. The molecule has 114 valence electrons. The van der Waals surface area contributed by atoms with Crippen LogP contribution in [0.15, 0.2) is 54.6 Å². The molecule has 0 aliphatic carbocycles. The Balaban J connectivity index is 1.77. The highest BCUT2D eigenvalue weighted by atomic mass is 16.5. The van der Waals surface area contributed by atoms with E-state index in [1.54, 1.807) is 31.4 Å². The summed E-state index contributed by atoms with van der Waals surface area (Å²) in [6.45, 7) is 0.162. The van der Waals surface area contributed by atoms with Crippen LogP contribution >= 0.6 is 0 Å². The molecule has 5 nitrogen and oxygen atoms in total. The van der Waals surface area contributed by atoms with Crippen molar-refractivity contribution >= 4 is 17.6 Å². The van der Waals surface area contributed by atoms with Crippen molar-refractivity contribution in [1.82, 2.24) is 0 Å². The highest BCUT2D eigenvalue weighted by molar-refractivity contribution is 6.01. The maximum absolute atomic E-state index is 11.7. The normalized spacial score (nSPS) is 9.86. The van der Waals surface area contributed by atoms with Gasteiger partial charge in [0.05, 0.1) is 7.11 Å². The number of amides is 1. The molecule has 5 heteroatoms. The fourth-order valence-corrected chi connectivity index (χ4v) is 1.80. The van der Waals surface area contributed by atoms with Gasteiger partial charge in [-0.1, -0.05) is 30.3 Å². The maximum atomic E-state index is 11.7. The first-order valence-electron chi connectivity index (χ1n) is 6.81. The van der Waals surface area contributed by atoms with Gasteiger partial charge in [-0.3, -0.25) is 9.59 Å². The van der Waals surface area contributed by atoms with Gasteiger partial charge >= 0.3 is 5.97 Å². The second-order valence-electron chi connectivity index (χ2n) is 4.60. The fraction of sp³-hybridized carbons (Fsp3) is 0.176. The second kappa shape index (κ2) is 7.83. The lowest BCUT2D eigenvalue weighted by Gasteiger charge is -2.07. The smallest absolute Gasteiger partial charge is 0.315 e. The third-order valence-corrected chi connectivity index (χ3v) is 2.92. The molecule has 0 aliphatic rings. The molecule has 0 aromatic heterocycles. The largest absolute Gasteiger partial charge is 0.497 e. The molecule has 0 radical (unpaired) electrons. The zero-order valence-electron chi connectivity index (χ0n) is 12.2. The Kier molecular flexibility index (Phi) is 5.54. The van der Waals surface area contributed by atoms with Crippen LogP contribution in [0.4, 0.5) is 5.69 Å². The van der Waals surface area contributed by atoms with Gasteiger partial charge in [0.15, 0.2) is 0 Å². The molecular weight excluding hydrogens is 282 g/mol. The van der Waals surface area contributed by atoms with E-state index in [4.69, 9.17) is 9.47 Å². The Hall–Kier alpha value is -2.82. The molecule has 0 atom stereocenters. The molecule has 0 saturated carbocycles. The highest BCUT2D eigenvalue weighted by Crippen LogP contribution is 2.15. The van der Waals surface area contributed by atoms with Crippen molar-refractivity contribution < 1.29 is 19.1 Å². The average molecular weight is 299 g/mol. The summed E-state index contributed by atoms with van der Waals surface area (Å²) in [5.74, 6) is -0.279.